The van der Waals surface area contributed by atoms with Crippen molar-refractivity contribution in [1.82, 2.24) is 0 Å². The highest BCUT2D eigenvalue weighted by Gasteiger charge is 2.58. The topological polar surface area (TPSA) is 0 Å². The predicted molar refractivity (Wildman–Crippen MR) is 125 cm³/mol. The third kappa shape index (κ3) is 3.11. The van der Waals surface area contributed by atoms with Crippen molar-refractivity contribution >= 4 is 0 Å². The predicted octanol–water partition coefficient (Wildman–Crippen LogP) is 8.50. The summed E-state index contributed by atoms with van der Waals surface area (Å²) in [5.74, 6) is 13.9. The second kappa shape index (κ2) is 7.80. The lowest BCUT2D eigenvalue weighted by molar-refractivity contribution is -0.144. The summed E-state index contributed by atoms with van der Waals surface area (Å²) < 4.78 is 0. The zero-order chi connectivity index (χ0) is 19.7. The van der Waals surface area contributed by atoms with Gasteiger partial charge in [-0.25, -0.2) is 0 Å². The van der Waals surface area contributed by atoms with Crippen LogP contribution >= 0.6 is 0 Å². The van der Waals surface area contributed by atoms with Crippen LogP contribution in [0.1, 0.15) is 116 Å². The van der Waals surface area contributed by atoms with Gasteiger partial charge in [-0.3, -0.25) is 0 Å². The van der Waals surface area contributed by atoms with E-state index in [1.54, 1.807) is 116 Å². The van der Waals surface area contributed by atoms with E-state index < -0.39 is 0 Å². The minimum absolute atomic E-state index is 1.15. The zero-order valence-corrected chi connectivity index (χ0v) is 19.7. The van der Waals surface area contributed by atoms with Crippen molar-refractivity contribution < 1.29 is 0 Å². The van der Waals surface area contributed by atoms with Crippen LogP contribution in [0.4, 0.5) is 0 Å². The molecule has 6 unspecified atom stereocenters. The van der Waals surface area contributed by atoms with Crippen LogP contribution in [0.15, 0.2) is 0 Å². The Bertz CT molecular complexity index is 470. The molecule has 0 aromatic rings. The molecule has 0 bridgehead atoms. The molecule has 0 N–H and O–H groups in total. The first-order valence-corrected chi connectivity index (χ1v) is 14.8. The fourth-order valence-corrected chi connectivity index (χ4v) is 11.8. The van der Waals surface area contributed by atoms with Gasteiger partial charge < -0.3 is 0 Å². The summed E-state index contributed by atoms with van der Waals surface area (Å²) in [6.07, 6.45) is 29.1. The van der Waals surface area contributed by atoms with Gasteiger partial charge in [0.25, 0.3) is 0 Å². The third-order valence-electron chi connectivity index (χ3n) is 12.9. The molecular weight excluding hydrogens is 360 g/mol. The summed E-state index contributed by atoms with van der Waals surface area (Å²) >= 11 is 0. The van der Waals surface area contributed by atoms with Gasteiger partial charge in [0, 0.05) is 0 Å². The molecule has 0 heteroatoms. The first kappa shape index (κ1) is 19.5. The lowest BCUT2D eigenvalue weighted by Gasteiger charge is -2.63. The second-order valence-corrected chi connectivity index (χ2v) is 13.8. The molecule has 0 aromatic heterocycles. The maximum atomic E-state index is 1.69. The van der Waals surface area contributed by atoms with Gasteiger partial charge >= 0.3 is 0 Å². The monoisotopic (exact) mass is 408 g/mol. The van der Waals surface area contributed by atoms with Crippen molar-refractivity contribution in [3.05, 3.63) is 0 Å². The standard InChI is InChI=1S/C30H48/c1-2-8-20-14-26-25(13-19(20)7-1)27-15-21-9-3-4-11-23(21)17-29(27)30-18-24-12-6-5-10-22(24)16-28(26)30/h19-30H,1-18H2. The smallest absolute Gasteiger partial charge is 0.0349 e. The number of fused-ring (bicyclic) bond motifs is 9. The number of hydrogen-bond acceptors (Lipinski definition) is 0. The molecule has 0 nitrogen and oxygen atoms in total. The summed E-state index contributed by atoms with van der Waals surface area (Å²) in [4.78, 5) is 0. The summed E-state index contributed by atoms with van der Waals surface area (Å²) in [5.41, 5.74) is 0. The van der Waals surface area contributed by atoms with Crippen LogP contribution in [0.5, 0.6) is 0 Å². The summed E-state index contributed by atoms with van der Waals surface area (Å²) in [6, 6.07) is 0. The Balaban J connectivity index is 1.22. The number of hydrogen-bond donors (Lipinski definition) is 0. The van der Waals surface area contributed by atoms with E-state index in [1.165, 1.54) is 35.5 Å². The van der Waals surface area contributed by atoms with Gasteiger partial charge in [0.2, 0.25) is 0 Å². The van der Waals surface area contributed by atoms with Crippen LogP contribution in [0.3, 0.4) is 0 Å². The SMILES string of the molecule is C1CCC2CC3C(CC2C1)C1CC2CCCCC2CC1C1CC2CCCCC2CC31. The largest absolute Gasteiger partial charge is 0.0530 e. The molecule has 0 amide bonds. The Morgan fingerprint density at radius 2 is 0.400 bits per heavy atom. The molecule has 7 fully saturated rings. The molecule has 7 aliphatic rings. The summed E-state index contributed by atoms with van der Waals surface area (Å²) in [5, 5.41) is 0. The van der Waals surface area contributed by atoms with E-state index in [4.69, 9.17) is 0 Å². The minimum atomic E-state index is 1.15. The highest BCUT2D eigenvalue weighted by atomic mass is 14.6. The van der Waals surface area contributed by atoms with Crippen molar-refractivity contribution in [2.45, 2.75) is 116 Å². The molecule has 0 aromatic carbocycles. The third-order valence-corrected chi connectivity index (χ3v) is 12.9. The molecule has 7 rings (SSSR count). The van der Waals surface area contributed by atoms with Crippen LogP contribution in [0, 0.1) is 71.0 Å². The van der Waals surface area contributed by atoms with Gasteiger partial charge in [0.15, 0.2) is 0 Å². The minimum Gasteiger partial charge on any atom is -0.0530 e. The van der Waals surface area contributed by atoms with Gasteiger partial charge in [0.1, 0.15) is 0 Å². The van der Waals surface area contributed by atoms with Gasteiger partial charge in [-0.2, -0.15) is 0 Å². The van der Waals surface area contributed by atoms with Crippen molar-refractivity contribution in [2.24, 2.45) is 71.0 Å². The van der Waals surface area contributed by atoms with Crippen LogP contribution < -0.4 is 0 Å². The molecule has 0 spiro atoms. The molecule has 6 atom stereocenters. The van der Waals surface area contributed by atoms with E-state index in [1.807, 2.05) is 0 Å². The quantitative estimate of drug-likeness (QED) is 0.377. The zero-order valence-electron chi connectivity index (χ0n) is 19.7. The molecule has 168 valence electrons. The van der Waals surface area contributed by atoms with Crippen LogP contribution in [-0.2, 0) is 0 Å². The Hall–Kier alpha value is 0. The Morgan fingerprint density at radius 1 is 0.233 bits per heavy atom. The first-order chi connectivity index (χ1) is 14.8. The summed E-state index contributed by atoms with van der Waals surface area (Å²) in [7, 11) is 0. The highest BCUT2D eigenvalue weighted by Crippen LogP contribution is 2.66. The molecular formula is C30H48. The van der Waals surface area contributed by atoms with Gasteiger partial charge in [-0.1, -0.05) is 77.0 Å². The van der Waals surface area contributed by atoms with Gasteiger partial charge in [-0.05, 0) is 110 Å². The van der Waals surface area contributed by atoms with Crippen LogP contribution in [0.25, 0.3) is 0 Å². The van der Waals surface area contributed by atoms with Crippen LogP contribution in [-0.4, -0.2) is 0 Å². The molecule has 0 heterocycles. The Morgan fingerprint density at radius 3 is 0.567 bits per heavy atom. The molecule has 7 aliphatic carbocycles. The van der Waals surface area contributed by atoms with Crippen LogP contribution in [0.2, 0.25) is 0 Å². The molecule has 0 aliphatic heterocycles. The second-order valence-electron chi connectivity index (χ2n) is 13.8. The van der Waals surface area contributed by atoms with E-state index in [-0.39, 0.29) is 0 Å². The van der Waals surface area contributed by atoms with Gasteiger partial charge in [-0.15, -0.1) is 0 Å². The molecule has 30 heavy (non-hydrogen) atoms. The molecule has 7 saturated carbocycles. The average molecular weight is 409 g/mol. The van der Waals surface area contributed by atoms with E-state index in [2.05, 4.69) is 0 Å². The maximum Gasteiger partial charge on any atom is -0.0349 e. The Labute approximate surface area is 186 Å². The fourth-order valence-electron chi connectivity index (χ4n) is 11.8. The lowest BCUT2D eigenvalue weighted by atomic mass is 9.42. The lowest BCUT2D eigenvalue weighted by Crippen LogP contribution is -2.56. The highest BCUT2D eigenvalue weighted by molar-refractivity contribution is 5.07. The summed E-state index contributed by atoms with van der Waals surface area (Å²) in [6.45, 7) is 0. The average Bonchev–Trinajstić information content (AvgIpc) is 2.81. The Kier molecular flexibility index (Phi) is 5.06. The normalized spacial score (nSPS) is 57.6. The van der Waals surface area contributed by atoms with E-state index in [9.17, 15) is 0 Å². The van der Waals surface area contributed by atoms with Crippen molar-refractivity contribution in [2.75, 3.05) is 0 Å². The molecule has 0 saturated heterocycles. The molecule has 0 radical (unpaired) electrons. The fraction of sp³-hybridized carbons (Fsp3) is 1.00. The van der Waals surface area contributed by atoms with Crippen molar-refractivity contribution in [3.63, 3.8) is 0 Å². The van der Waals surface area contributed by atoms with Crippen molar-refractivity contribution in [3.8, 4) is 0 Å². The number of rotatable bonds is 0. The van der Waals surface area contributed by atoms with Crippen molar-refractivity contribution in [1.29, 1.82) is 0 Å². The maximum absolute atomic E-state index is 1.69. The van der Waals surface area contributed by atoms with E-state index in [0.717, 1.165) is 35.5 Å². The van der Waals surface area contributed by atoms with E-state index in [0.29, 0.717) is 0 Å². The first-order valence-electron chi connectivity index (χ1n) is 14.8. The van der Waals surface area contributed by atoms with E-state index >= 15 is 0 Å². The van der Waals surface area contributed by atoms with Gasteiger partial charge in [0.05, 0.1) is 0 Å².